The number of nitrogens with zero attached hydrogens (tertiary/aromatic N) is 2. The molecule has 0 aliphatic rings. The minimum Gasteiger partial charge on any atom is -0.319 e. The van der Waals surface area contributed by atoms with Gasteiger partial charge >= 0.3 is 0 Å². The Morgan fingerprint density at radius 1 is 1.43 bits per heavy atom. The number of likely N-dealkylation sites (N-methyl/N-ethyl adjacent to an activating group) is 1. The average Bonchev–Trinajstić information content (AvgIpc) is 2.74. The van der Waals surface area contributed by atoms with Crippen molar-refractivity contribution in [3.05, 3.63) is 50.7 Å². The Balaban J connectivity index is 2.32. The van der Waals surface area contributed by atoms with Crippen LogP contribution >= 0.6 is 27.5 Å². The monoisotopic (exact) mass is 369 g/mol. The van der Waals surface area contributed by atoms with Crippen LogP contribution in [-0.4, -0.2) is 23.4 Å². The Hall–Kier alpha value is -0.840. The number of hydrogen-bond donors (Lipinski definition) is 1. The molecule has 0 aliphatic heterocycles. The molecule has 0 saturated carbocycles. The molecule has 0 radical (unpaired) electrons. The zero-order valence-corrected chi connectivity index (χ0v) is 15.0. The number of aryl methyl sites for hydroxylation is 2. The molecule has 2 aromatic rings. The molecule has 21 heavy (non-hydrogen) atoms. The van der Waals surface area contributed by atoms with E-state index < -0.39 is 0 Å². The van der Waals surface area contributed by atoms with E-state index in [1.807, 2.05) is 26.1 Å². The molecule has 0 amide bonds. The van der Waals surface area contributed by atoms with E-state index in [9.17, 15) is 0 Å². The van der Waals surface area contributed by atoms with E-state index in [1.165, 1.54) is 11.3 Å². The number of halogens is 2. The normalized spacial score (nSPS) is 12.6. The standard InChI is InChI=1S/C16H21BrClN3/c1-4-21-15(16(17)11(2)20-21)9-13(10-19-3)12-6-5-7-14(18)8-12/h5-8,13,19H,4,9-10H2,1-3H3. The van der Waals surface area contributed by atoms with Gasteiger partial charge in [-0.2, -0.15) is 5.10 Å². The van der Waals surface area contributed by atoms with Gasteiger partial charge in [-0.25, -0.2) is 0 Å². The molecule has 1 aromatic carbocycles. The van der Waals surface area contributed by atoms with Crippen LogP contribution in [0.1, 0.15) is 29.8 Å². The molecule has 0 saturated heterocycles. The lowest BCUT2D eigenvalue weighted by atomic mass is 9.94. The van der Waals surface area contributed by atoms with Crippen LogP contribution in [0.2, 0.25) is 5.02 Å². The Labute approximate surface area is 139 Å². The average molecular weight is 371 g/mol. The Morgan fingerprint density at radius 2 is 2.19 bits per heavy atom. The summed E-state index contributed by atoms with van der Waals surface area (Å²) in [6.45, 7) is 5.94. The van der Waals surface area contributed by atoms with Crippen LogP contribution in [-0.2, 0) is 13.0 Å². The summed E-state index contributed by atoms with van der Waals surface area (Å²) in [7, 11) is 1.98. The fraction of sp³-hybridized carbons (Fsp3) is 0.438. The SMILES string of the molecule is CCn1nc(C)c(Br)c1CC(CNC)c1cccc(Cl)c1. The summed E-state index contributed by atoms with van der Waals surface area (Å²) in [5.74, 6) is 0.367. The largest absolute Gasteiger partial charge is 0.319 e. The van der Waals surface area contributed by atoms with Crippen molar-refractivity contribution >= 4 is 27.5 Å². The van der Waals surface area contributed by atoms with Gasteiger partial charge in [-0.3, -0.25) is 4.68 Å². The summed E-state index contributed by atoms with van der Waals surface area (Å²) in [6, 6.07) is 8.12. The first kappa shape index (κ1) is 16.5. The smallest absolute Gasteiger partial charge is 0.0738 e. The molecule has 0 spiro atoms. The van der Waals surface area contributed by atoms with Crippen molar-refractivity contribution in [2.45, 2.75) is 32.7 Å². The second kappa shape index (κ2) is 7.43. The van der Waals surface area contributed by atoms with Crippen LogP contribution < -0.4 is 5.32 Å². The first-order valence-corrected chi connectivity index (χ1v) is 8.35. The van der Waals surface area contributed by atoms with E-state index >= 15 is 0 Å². The Bertz CT molecular complexity index is 610. The predicted molar refractivity (Wildman–Crippen MR) is 92.2 cm³/mol. The molecule has 1 atom stereocenters. The molecule has 1 aromatic heterocycles. The minimum atomic E-state index is 0.367. The van der Waals surface area contributed by atoms with E-state index in [2.05, 4.69) is 50.1 Å². The molecule has 2 rings (SSSR count). The lowest BCUT2D eigenvalue weighted by Gasteiger charge is -2.18. The van der Waals surface area contributed by atoms with Gasteiger partial charge in [-0.05, 0) is 60.9 Å². The highest BCUT2D eigenvalue weighted by atomic mass is 79.9. The zero-order chi connectivity index (χ0) is 15.4. The van der Waals surface area contributed by atoms with Crippen molar-refractivity contribution in [1.82, 2.24) is 15.1 Å². The topological polar surface area (TPSA) is 29.9 Å². The predicted octanol–water partition coefficient (Wildman–Crippen LogP) is 4.17. The van der Waals surface area contributed by atoms with E-state index in [0.717, 1.165) is 34.7 Å². The first-order valence-electron chi connectivity index (χ1n) is 7.18. The van der Waals surface area contributed by atoms with Gasteiger partial charge in [-0.1, -0.05) is 23.7 Å². The number of aromatic nitrogens is 2. The highest BCUT2D eigenvalue weighted by Crippen LogP contribution is 2.28. The number of rotatable bonds is 6. The molecule has 0 aliphatic carbocycles. The number of hydrogen-bond acceptors (Lipinski definition) is 2. The second-order valence-corrected chi connectivity index (χ2v) is 6.41. The van der Waals surface area contributed by atoms with Crippen LogP contribution in [0.15, 0.2) is 28.7 Å². The molecule has 5 heteroatoms. The molecular weight excluding hydrogens is 350 g/mol. The third-order valence-corrected chi connectivity index (χ3v) is 4.93. The molecule has 1 unspecified atom stereocenters. The maximum atomic E-state index is 6.14. The summed E-state index contributed by atoms with van der Waals surface area (Å²) in [6.07, 6.45) is 0.927. The molecule has 0 bridgehead atoms. The van der Waals surface area contributed by atoms with Crippen LogP contribution in [0, 0.1) is 6.92 Å². The van der Waals surface area contributed by atoms with Crippen LogP contribution in [0.3, 0.4) is 0 Å². The summed E-state index contributed by atoms with van der Waals surface area (Å²) in [4.78, 5) is 0. The summed E-state index contributed by atoms with van der Waals surface area (Å²) in [5, 5.41) is 8.64. The molecule has 1 heterocycles. The molecule has 114 valence electrons. The summed E-state index contributed by atoms with van der Waals surface area (Å²) >= 11 is 9.82. The van der Waals surface area contributed by atoms with Crippen molar-refractivity contribution in [2.24, 2.45) is 0 Å². The van der Waals surface area contributed by atoms with Crippen molar-refractivity contribution in [2.75, 3.05) is 13.6 Å². The molecule has 3 nitrogen and oxygen atoms in total. The third-order valence-electron chi connectivity index (χ3n) is 3.66. The highest BCUT2D eigenvalue weighted by Gasteiger charge is 2.19. The van der Waals surface area contributed by atoms with E-state index in [-0.39, 0.29) is 0 Å². The van der Waals surface area contributed by atoms with Gasteiger partial charge in [0.05, 0.1) is 15.9 Å². The van der Waals surface area contributed by atoms with Crippen LogP contribution in [0.25, 0.3) is 0 Å². The molecule has 1 N–H and O–H groups in total. The highest BCUT2D eigenvalue weighted by molar-refractivity contribution is 9.10. The lowest BCUT2D eigenvalue weighted by molar-refractivity contribution is 0.562. The quantitative estimate of drug-likeness (QED) is 0.827. The van der Waals surface area contributed by atoms with Crippen molar-refractivity contribution in [3.63, 3.8) is 0 Å². The van der Waals surface area contributed by atoms with E-state index in [1.54, 1.807) is 0 Å². The van der Waals surface area contributed by atoms with Crippen molar-refractivity contribution in [3.8, 4) is 0 Å². The van der Waals surface area contributed by atoms with Gasteiger partial charge in [0.1, 0.15) is 0 Å². The summed E-state index contributed by atoms with van der Waals surface area (Å²) < 4.78 is 3.19. The fourth-order valence-corrected chi connectivity index (χ4v) is 3.26. The lowest BCUT2D eigenvalue weighted by Crippen LogP contribution is -2.20. The number of nitrogens with one attached hydrogen (secondary N) is 1. The number of benzene rings is 1. The van der Waals surface area contributed by atoms with Crippen molar-refractivity contribution in [1.29, 1.82) is 0 Å². The van der Waals surface area contributed by atoms with Gasteiger partial charge in [0, 0.05) is 24.0 Å². The first-order chi connectivity index (χ1) is 10.1. The van der Waals surface area contributed by atoms with Crippen molar-refractivity contribution < 1.29 is 0 Å². The second-order valence-electron chi connectivity index (χ2n) is 5.18. The van der Waals surface area contributed by atoms with E-state index in [0.29, 0.717) is 5.92 Å². The maximum absolute atomic E-state index is 6.14. The Morgan fingerprint density at radius 3 is 2.81 bits per heavy atom. The summed E-state index contributed by atoms with van der Waals surface area (Å²) in [5.41, 5.74) is 3.54. The van der Waals surface area contributed by atoms with Gasteiger partial charge in [-0.15, -0.1) is 0 Å². The van der Waals surface area contributed by atoms with Gasteiger partial charge < -0.3 is 5.32 Å². The molecular formula is C16H21BrClN3. The zero-order valence-electron chi connectivity index (χ0n) is 12.7. The fourth-order valence-electron chi connectivity index (χ4n) is 2.61. The minimum absolute atomic E-state index is 0.367. The third kappa shape index (κ3) is 3.87. The van der Waals surface area contributed by atoms with Gasteiger partial charge in [0.2, 0.25) is 0 Å². The van der Waals surface area contributed by atoms with Crippen LogP contribution in [0.5, 0.6) is 0 Å². The maximum Gasteiger partial charge on any atom is 0.0738 e. The van der Waals surface area contributed by atoms with Crippen LogP contribution in [0.4, 0.5) is 0 Å². The molecule has 0 fully saturated rings. The van der Waals surface area contributed by atoms with Gasteiger partial charge in [0.25, 0.3) is 0 Å². The Kier molecular flexibility index (Phi) is 5.85. The van der Waals surface area contributed by atoms with E-state index in [4.69, 9.17) is 11.6 Å². The van der Waals surface area contributed by atoms with Gasteiger partial charge in [0.15, 0.2) is 0 Å².